The van der Waals surface area contributed by atoms with E-state index in [-0.39, 0.29) is 18.0 Å². The Morgan fingerprint density at radius 2 is 2.05 bits per heavy atom. The van der Waals surface area contributed by atoms with E-state index in [0.29, 0.717) is 24.7 Å². The van der Waals surface area contributed by atoms with Crippen LogP contribution in [-0.4, -0.2) is 60.5 Å². The molecule has 1 saturated heterocycles. The van der Waals surface area contributed by atoms with Gasteiger partial charge < -0.3 is 25.3 Å². The van der Waals surface area contributed by atoms with E-state index < -0.39 is 0 Å². The monoisotopic (exact) mass is 267 g/mol. The highest BCUT2D eigenvalue weighted by Crippen LogP contribution is 2.20. The Hall–Kier alpha value is -1.93. The topological polar surface area (TPSA) is 106 Å². The molecule has 2 unspecified atom stereocenters. The molecule has 0 radical (unpaired) electrons. The number of hydrogen-bond donors (Lipinski definition) is 2. The first-order valence-corrected chi connectivity index (χ1v) is 5.81. The molecule has 1 fully saturated rings. The first kappa shape index (κ1) is 13.5. The standard InChI is InChI=1S/C11H17N5O3/c1-18-8-5-16(6-9(8)19-2)11-13-4-3-7(14-11)10(12)15-17/h3-4,8-9,17H,5-6H2,1-2H3,(H2,12,15). The predicted molar refractivity (Wildman–Crippen MR) is 68.3 cm³/mol. The van der Waals surface area contributed by atoms with Crippen molar-refractivity contribution in [2.45, 2.75) is 12.2 Å². The van der Waals surface area contributed by atoms with Gasteiger partial charge in [0, 0.05) is 33.5 Å². The highest BCUT2D eigenvalue weighted by molar-refractivity contribution is 5.95. The zero-order valence-corrected chi connectivity index (χ0v) is 10.9. The minimum atomic E-state index is -0.0468. The number of nitrogens with two attached hydrogens (primary N) is 1. The fraction of sp³-hybridized carbons (Fsp3) is 0.545. The number of rotatable bonds is 4. The van der Waals surface area contributed by atoms with Crippen LogP contribution >= 0.6 is 0 Å². The van der Waals surface area contributed by atoms with Crippen molar-refractivity contribution in [2.75, 3.05) is 32.2 Å². The van der Waals surface area contributed by atoms with Gasteiger partial charge in [-0.25, -0.2) is 9.97 Å². The van der Waals surface area contributed by atoms with Crippen LogP contribution in [0.4, 0.5) is 5.95 Å². The molecular formula is C11H17N5O3. The Balaban J connectivity index is 2.19. The van der Waals surface area contributed by atoms with Gasteiger partial charge in [0.25, 0.3) is 0 Å². The van der Waals surface area contributed by atoms with Gasteiger partial charge in [-0.2, -0.15) is 0 Å². The highest BCUT2D eigenvalue weighted by atomic mass is 16.5. The summed E-state index contributed by atoms with van der Waals surface area (Å²) in [6.07, 6.45) is 1.51. The Morgan fingerprint density at radius 3 is 2.58 bits per heavy atom. The number of methoxy groups -OCH3 is 2. The lowest BCUT2D eigenvalue weighted by Gasteiger charge is -2.15. The summed E-state index contributed by atoms with van der Waals surface area (Å²) in [6, 6.07) is 1.58. The van der Waals surface area contributed by atoms with Gasteiger partial charge in [0.1, 0.15) is 17.9 Å². The van der Waals surface area contributed by atoms with E-state index in [4.69, 9.17) is 20.4 Å². The fourth-order valence-electron chi connectivity index (χ4n) is 2.05. The summed E-state index contributed by atoms with van der Waals surface area (Å²) < 4.78 is 10.7. The maximum absolute atomic E-state index is 8.65. The zero-order chi connectivity index (χ0) is 13.8. The molecule has 0 amide bonds. The van der Waals surface area contributed by atoms with E-state index in [0.717, 1.165) is 0 Å². The molecule has 19 heavy (non-hydrogen) atoms. The van der Waals surface area contributed by atoms with Gasteiger partial charge in [-0.05, 0) is 6.07 Å². The summed E-state index contributed by atoms with van der Waals surface area (Å²) in [5.74, 6) is 0.458. The van der Waals surface area contributed by atoms with Crippen molar-refractivity contribution >= 4 is 11.8 Å². The molecule has 8 heteroatoms. The third-order valence-corrected chi connectivity index (χ3v) is 3.12. The van der Waals surface area contributed by atoms with Crippen LogP contribution in [0.15, 0.2) is 17.4 Å². The predicted octanol–water partition coefficient (Wildman–Crippen LogP) is -0.579. The smallest absolute Gasteiger partial charge is 0.226 e. The summed E-state index contributed by atoms with van der Waals surface area (Å²) >= 11 is 0. The van der Waals surface area contributed by atoms with E-state index in [2.05, 4.69) is 15.1 Å². The van der Waals surface area contributed by atoms with Gasteiger partial charge >= 0.3 is 0 Å². The Morgan fingerprint density at radius 1 is 1.42 bits per heavy atom. The van der Waals surface area contributed by atoms with Crippen molar-refractivity contribution in [1.29, 1.82) is 0 Å². The van der Waals surface area contributed by atoms with Crippen molar-refractivity contribution < 1.29 is 14.7 Å². The SMILES string of the molecule is COC1CN(c2nccc(/C(N)=N/O)n2)CC1OC. The van der Waals surface area contributed by atoms with Crippen LogP contribution in [-0.2, 0) is 9.47 Å². The summed E-state index contributed by atoms with van der Waals surface area (Å²) in [5.41, 5.74) is 5.89. The molecule has 3 N–H and O–H groups in total. The normalized spacial score (nSPS) is 23.9. The molecule has 1 aliphatic heterocycles. The summed E-state index contributed by atoms with van der Waals surface area (Å²) in [5, 5.41) is 11.6. The van der Waals surface area contributed by atoms with Gasteiger partial charge in [0.2, 0.25) is 5.95 Å². The molecule has 2 rings (SSSR count). The lowest BCUT2D eigenvalue weighted by atomic mass is 10.3. The van der Waals surface area contributed by atoms with Crippen LogP contribution in [0.5, 0.6) is 0 Å². The van der Waals surface area contributed by atoms with Crippen LogP contribution in [0.25, 0.3) is 0 Å². The van der Waals surface area contributed by atoms with Crippen molar-refractivity contribution in [3.63, 3.8) is 0 Å². The second-order valence-corrected chi connectivity index (χ2v) is 4.18. The van der Waals surface area contributed by atoms with Crippen molar-refractivity contribution in [1.82, 2.24) is 9.97 Å². The summed E-state index contributed by atoms with van der Waals surface area (Å²) in [7, 11) is 3.29. The molecule has 1 aliphatic rings. The Labute approximate surface area is 110 Å². The lowest BCUT2D eigenvalue weighted by Crippen LogP contribution is -2.27. The van der Waals surface area contributed by atoms with Gasteiger partial charge in [0.05, 0.1) is 0 Å². The van der Waals surface area contributed by atoms with Crippen molar-refractivity contribution in [3.05, 3.63) is 18.0 Å². The molecule has 0 aliphatic carbocycles. The van der Waals surface area contributed by atoms with E-state index in [1.165, 1.54) is 0 Å². The van der Waals surface area contributed by atoms with Gasteiger partial charge in [-0.3, -0.25) is 0 Å². The molecule has 104 valence electrons. The minimum Gasteiger partial charge on any atom is -0.409 e. The molecule has 1 aromatic heterocycles. The van der Waals surface area contributed by atoms with Crippen molar-refractivity contribution in [3.8, 4) is 0 Å². The summed E-state index contributed by atoms with van der Waals surface area (Å²) in [4.78, 5) is 10.4. The number of hydrogen-bond acceptors (Lipinski definition) is 7. The molecule has 0 aromatic carbocycles. The molecule has 2 atom stereocenters. The lowest BCUT2D eigenvalue weighted by molar-refractivity contribution is -0.00461. The van der Waals surface area contributed by atoms with E-state index in [1.807, 2.05) is 4.90 Å². The summed E-state index contributed by atoms with van der Waals surface area (Å²) in [6.45, 7) is 1.27. The average molecular weight is 267 g/mol. The molecule has 0 saturated carbocycles. The maximum atomic E-state index is 8.65. The van der Waals surface area contributed by atoms with E-state index >= 15 is 0 Å². The molecule has 1 aromatic rings. The van der Waals surface area contributed by atoms with Gasteiger partial charge in [0.15, 0.2) is 5.84 Å². The second kappa shape index (κ2) is 5.81. The van der Waals surface area contributed by atoms with Crippen LogP contribution in [0.2, 0.25) is 0 Å². The molecule has 0 spiro atoms. The number of oxime groups is 1. The zero-order valence-electron chi connectivity index (χ0n) is 10.9. The number of ether oxygens (including phenoxy) is 2. The largest absolute Gasteiger partial charge is 0.409 e. The minimum absolute atomic E-state index is 0.0267. The molecule has 8 nitrogen and oxygen atoms in total. The number of aromatic nitrogens is 2. The van der Waals surface area contributed by atoms with Crippen LogP contribution in [0, 0.1) is 0 Å². The van der Waals surface area contributed by atoms with Crippen molar-refractivity contribution in [2.24, 2.45) is 10.9 Å². The molecular weight excluding hydrogens is 250 g/mol. The Kier molecular flexibility index (Phi) is 4.13. The molecule has 2 heterocycles. The van der Waals surface area contributed by atoms with Gasteiger partial charge in [-0.1, -0.05) is 5.16 Å². The van der Waals surface area contributed by atoms with Gasteiger partial charge in [-0.15, -0.1) is 0 Å². The average Bonchev–Trinajstić information content (AvgIpc) is 2.89. The number of nitrogens with zero attached hydrogens (tertiary/aromatic N) is 4. The third kappa shape index (κ3) is 2.74. The van der Waals surface area contributed by atoms with Crippen LogP contribution in [0.1, 0.15) is 5.69 Å². The first-order valence-electron chi connectivity index (χ1n) is 5.81. The fourth-order valence-corrected chi connectivity index (χ4v) is 2.05. The number of amidine groups is 1. The van der Waals surface area contributed by atoms with Crippen LogP contribution in [0.3, 0.4) is 0 Å². The highest BCUT2D eigenvalue weighted by Gasteiger charge is 2.34. The third-order valence-electron chi connectivity index (χ3n) is 3.12. The quantitative estimate of drug-likeness (QED) is 0.325. The first-order chi connectivity index (χ1) is 9.19. The maximum Gasteiger partial charge on any atom is 0.226 e. The van der Waals surface area contributed by atoms with E-state index in [1.54, 1.807) is 26.5 Å². The second-order valence-electron chi connectivity index (χ2n) is 4.18. The van der Waals surface area contributed by atoms with Crippen LogP contribution < -0.4 is 10.6 Å². The molecule has 0 bridgehead atoms. The van der Waals surface area contributed by atoms with E-state index in [9.17, 15) is 0 Å². The number of anilines is 1. The Bertz CT molecular complexity index is 455.